The van der Waals surface area contributed by atoms with Crippen molar-refractivity contribution in [1.82, 2.24) is 0 Å². The number of amides is 2. The highest BCUT2D eigenvalue weighted by molar-refractivity contribution is 6.46. The number of carbonyl (C=O) groups is 2. The molecule has 0 atom stereocenters. The second-order valence-electron chi connectivity index (χ2n) is 7.18. The smallest absolute Gasteiger partial charge is 0.282 e. The summed E-state index contributed by atoms with van der Waals surface area (Å²) < 4.78 is 5.20. The monoisotopic (exact) mass is 398 g/mol. The van der Waals surface area contributed by atoms with E-state index < -0.39 is 0 Å². The van der Waals surface area contributed by atoms with Gasteiger partial charge < -0.3 is 10.1 Å². The average molecular weight is 398 g/mol. The van der Waals surface area contributed by atoms with Crippen molar-refractivity contribution < 1.29 is 14.3 Å². The van der Waals surface area contributed by atoms with Crippen molar-refractivity contribution in [2.75, 3.05) is 17.3 Å². The van der Waals surface area contributed by atoms with Gasteiger partial charge in [0, 0.05) is 5.69 Å². The molecule has 0 bridgehead atoms. The van der Waals surface area contributed by atoms with Gasteiger partial charge in [0.05, 0.1) is 18.4 Å². The molecule has 0 aliphatic carbocycles. The first-order valence-corrected chi connectivity index (χ1v) is 9.66. The van der Waals surface area contributed by atoms with Gasteiger partial charge in [0.15, 0.2) is 0 Å². The zero-order valence-corrected chi connectivity index (χ0v) is 17.1. The molecule has 4 rings (SSSR count). The maximum Gasteiger partial charge on any atom is 0.282 e. The van der Waals surface area contributed by atoms with Crippen LogP contribution in [0.5, 0.6) is 5.75 Å². The molecule has 0 saturated heterocycles. The molecular weight excluding hydrogens is 376 g/mol. The average Bonchev–Trinajstić information content (AvgIpc) is 3.01. The third-order valence-corrected chi connectivity index (χ3v) is 5.25. The Hall–Kier alpha value is -3.86. The number of benzene rings is 3. The van der Waals surface area contributed by atoms with E-state index in [9.17, 15) is 9.59 Å². The molecule has 0 radical (unpaired) electrons. The third kappa shape index (κ3) is 3.46. The van der Waals surface area contributed by atoms with Gasteiger partial charge in [0.2, 0.25) is 0 Å². The first-order valence-electron chi connectivity index (χ1n) is 9.66. The second kappa shape index (κ2) is 7.87. The molecule has 3 aromatic carbocycles. The predicted molar refractivity (Wildman–Crippen MR) is 118 cm³/mol. The van der Waals surface area contributed by atoms with Crippen molar-refractivity contribution >= 4 is 28.8 Å². The Morgan fingerprint density at radius 2 is 1.50 bits per heavy atom. The summed E-state index contributed by atoms with van der Waals surface area (Å²) in [5, 5.41) is 3.17. The zero-order valence-electron chi connectivity index (χ0n) is 17.1. The summed E-state index contributed by atoms with van der Waals surface area (Å²) in [7, 11) is 1.60. The number of nitrogens with zero attached hydrogens (tertiary/aromatic N) is 1. The summed E-state index contributed by atoms with van der Waals surface area (Å²) in [6.07, 6.45) is 0. The Balaban J connectivity index is 1.81. The van der Waals surface area contributed by atoms with Crippen molar-refractivity contribution in [1.29, 1.82) is 0 Å². The molecule has 1 N–H and O–H groups in total. The van der Waals surface area contributed by atoms with Crippen LogP contribution in [-0.2, 0) is 9.59 Å². The van der Waals surface area contributed by atoms with Gasteiger partial charge in [-0.3, -0.25) is 9.59 Å². The molecule has 3 aromatic rings. The number of nitrogens with one attached hydrogen (secondary N) is 1. The molecule has 0 aromatic heterocycles. The minimum absolute atomic E-state index is 0.261. The SMILES string of the molecule is COc1ccc(NC2=C(c3ccc(C)c(C)c3)C(=O)N(c3ccccc3)C2=O)cc1. The fourth-order valence-corrected chi connectivity index (χ4v) is 3.44. The van der Waals surface area contributed by atoms with Crippen LogP contribution in [0.3, 0.4) is 0 Å². The van der Waals surface area contributed by atoms with Crippen LogP contribution in [0.25, 0.3) is 5.57 Å². The van der Waals surface area contributed by atoms with E-state index >= 15 is 0 Å². The summed E-state index contributed by atoms with van der Waals surface area (Å²) in [6, 6.07) is 22.0. The molecule has 1 aliphatic heterocycles. The van der Waals surface area contributed by atoms with Crippen molar-refractivity contribution in [3.63, 3.8) is 0 Å². The summed E-state index contributed by atoms with van der Waals surface area (Å²) in [6.45, 7) is 4.01. The van der Waals surface area contributed by atoms with Gasteiger partial charge in [-0.1, -0.05) is 36.4 Å². The Labute approximate surface area is 175 Å². The van der Waals surface area contributed by atoms with E-state index in [4.69, 9.17) is 4.74 Å². The molecule has 1 aliphatic rings. The largest absolute Gasteiger partial charge is 0.497 e. The van der Waals surface area contributed by atoms with Gasteiger partial charge >= 0.3 is 0 Å². The number of para-hydroxylation sites is 1. The minimum atomic E-state index is -0.379. The predicted octanol–water partition coefficient (Wildman–Crippen LogP) is 4.71. The molecule has 0 saturated carbocycles. The Morgan fingerprint density at radius 1 is 0.800 bits per heavy atom. The fraction of sp³-hybridized carbons (Fsp3) is 0.120. The highest BCUT2D eigenvalue weighted by Gasteiger charge is 2.40. The van der Waals surface area contributed by atoms with Gasteiger partial charge in [-0.25, -0.2) is 4.90 Å². The summed E-state index contributed by atoms with van der Waals surface area (Å²) >= 11 is 0. The Morgan fingerprint density at radius 3 is 2.13 bits per heavy atom. The van der Waals surface area contributed by atoms with Crippen molar-refractivity contribution in [2.45, 2.75) is 13.8 Å². The number of imide groups is 1. The normalized spacial score (nSPS) is 13.8. The van der Waals surface area contributed by atoms with Crippen LogP contribution in [0, 0.1) is 13.8 Å². The third-order valence-electron chi connectivity index (χ3n) is 5.25. The lowest BCUT2D eigenvalue weighted by atomic mass is 9.99. The lowest BCUT2D eigenvalue weighted by Gasteiger charge is -2.15. The molecule has 30 heavy (non-hydrogen) atoms. The van der Waals surface area contributed by atoms with E-state index in [0.29, 0.717) is 28.3 Å². The van der Waals surface area contributed by atoms with Crippen molar-refractivity contribution in [3.8, 4) is 5.75 Å². The van der Waals surface area contributed by atoms with Crippen LogP contribution in [0.4, 0.5) is 11.4 Å². The van der Waals surface area contributed by atoms with Crippen molar-refractivity contribution in [3.05, 3.63) is 95.2 Å². The number of ether oxygens (including phenoxy) is 1. The van der Waals surface area contributed by atoms with Gasteiger partial charge in [0.1, 0.15) is 11.4 Å². The maximum atomic E-state index is 13.4. The number of hydrogen-bond acceptors (Lipinski definition) is 4. The van der Waals surface area contributed by atoms with E-state index in [0.717, 1.165) is 11.1 Å². The van der Waals surface area contributed by atoms with Gasteiger partial charge in [0.25, 0.3) is 11.8 Å². The van der Waals surface area contributed by atoms with E-state index in [1.54, 1.807) is 43.5 Å². The van der Waals surface area contributed by atoms with E-state index in [-0.39, 0.29) is 17.5 Å². The van der Waals surface area contributed by atoms with Crippen molar-refractivity contribution in [2.24, 2.45) is 0 Å². The molecule has 1 heterocycles. The zero-order chi connectivity index (χ0) is 21.3. The van der Waals surface area contributed by atoms with Crippen LogP contribution < -0.4 is 15.0 Å². The Kier molecular flexibility index (Phi) is 5.11. The number of hydrogen-bond donors (Lipinski definition) is 1. The lowest BCUT2D eigenvalue weighted by Crippen LogP contribution is -2.32. The molecule has 150 valence electrons. The quantitative estimate of drug-likeness (QED) is 0.633. The number of aryl methyl sites for hydroxylation is 2. The number of rotatable bonds is 5. The molecule has 2 amide bonds. The highest BCUT2D eigenvalue weighted by atomic mass is 16.5. The fourth-order valence-electron chi connectivity index (χ4n) is 3.44. The number of carbonyl (C=O) groups excluding carboxylic acids is 2. The molecule has 5 heteroatoms. The van der Waals surface area contributed by atoms with Crippen LogP contribution >= 0.6 is 0 Å². The standard InChI is InChI=1S/C25H22N2O3/c1-16-9-10-18(15-17(16)2)22-23(26-19-11-13-21(30-3)14-12-19)25(29)27(24(22)28)20-7-5-4-6-8-20/h4-15,26H,1-3H3. The van der Waals surface area contributed by atoms with E-state index in [1.807, 2.05) is 50.2 Å². The molecule has 0 fully saturated rings. The highest BCUT2D eigenvalue weighted by Crippen LogP contribution is 2.34. The molecular formula is C25H22N2O3. The summed E-state index contributed by atoms with van der Waals surface area (Å²) in [4.78, 5) is 28.0. The number of methoxy groups -OCH3 is 1. The number of anilines is 2. The summed E-state index contributed by atoms with van der Waals surface area (Å²) in [5.74, 6) is -0.00985. The molecule has 0 unspecified atom stereocenters. The van der Waals surface area contributed by atoms with Gasteiger partial charge in [-0.2, -0.15) is 0 Å². The second-order valence-corrected chi connectivity index (χ2v) is 7.18. The summed E-state index contributed by atoms with van der Waals surface area (Å²) in [5.41, 5.74) is 4.76. The van der Waals surface area contributed by atoms with Crippen LogP contribution in [0.2, 0.25) is 0 Å². The van der Waals surface area contributed by atoms with Crippen LogP contribution in [0.15, 0.2) is 78.5 Å². The maximum absolute atomic E-state index is 13.4. The minimum Gasteiger partial charge on any atom is -0.497 e. The van der Waals surface area contributed by atoms with E-state index in [1.165, 1.54) is 4.90 Å². The first-order chi connectivity index (χ1) is 14.5. The van der Waals surface area contributed by atoms with Crippen LogP contribution in [-0.4, -0.2) is 18.9 Å². The first kappa shape index (κ1) is 19.5. The molecule has 5 nitrogen and oxygen atoms in total. The lowest BCUT2D eigenvalue weighted by molar-refractivity contribution is -0.120. The topological polar surface area (TPSA) is 58.6 Å². The van der Waals surface area contributed by atoms with Gasteiger partial charge in [-0.05, 0) is 66.9 Å². The van der Waals surface area contributed by atoms with Crippen LogP contribution in [0.1, 0.15) is 16.7 Å². The Bertz CT molecular complexity index is 1150. The molecule has 0 spiro atoms. The van der Waals surface area contributed by atoms with Gasteiger partial charge in [-0.15, -0.1) is 0 Å². The van der Waals surface area contributed by atoms with E-state index in [2.05, 4.69) is 5.32 Å².